The maximum absolute atomic E-state index is 13.5. The van der Waals surface area contributed by atoms with Crippen molar-refractivity contribution in [3.05, 3.63) is 58.6 Å². The van der Waals surface area contributed by atoms with Crippen molar-refractivity contribution in [2.24, 2.45) is 0 Å². The van der Waals surface area contributed by atoms with Crippen molar-refractivity contribution in [3.63, 3.8) is 0 Å². The van der Waals surface area contributed by atoms with Crippen LogP contribution in [0.4, 0.5) is 5.69 Å². The molecular weight excluding hydrogens is 526 g/mol. The molecule has 0 bridgehead atoms. The van der Waals surface area contributed by atoms with Gasteiger partial charge in [-0.1, -0.05) is 48.4 Å². The van der Waals surface area contributed by atoms with Gasteiger partial charge in [-0.2, -0.15) is 0 Å². The first-order valence-electron chi connectivity index (χ1n) is 12.6. The molecule has 0 spiro atoms. The van der Waals surface area contributed by atoms with E-state index in [1.165, 1.54) is 17.5 Å². The molecule has 8 nitrogen and oxygen atoms in total. The van der Waals surface area contributed by atoms with E-state index in [4.69, 9.17) is 16.3 Å². The number of ether oxygens (including phenoxy) is 1. The Morgan fingerprint density at radius 2 is 1.74 bits per heavy atom. The Balaban J connectivity index is 2.25. The highest BCUT2D eigenvalue weighted by Gasteiger charge is 2.30. The summed E-state index contributed by atoms with van der Waals surface area (Å²) in [6.45, 7) is 9.91. The van der Waals surface area contributed by atoms with Crippen molar-refractivity contribution in [1.82, 2.24) is 10.2 Å². The number of benzene rings is 2. The number of nitrogens with zero attached hydrogens (tertiary/aromatic N) is 2. The monoisotopic (exact) mass is 565 g/mol. The standard InChI is InChI=1S/C28H40ClN3O5S/c1-8-24(27(34)30-28(3,4)5)31(19-21-13-11-20(2)12-14-21)26(33)10-9-17-32(38(7,35)36)22-15-16-25(37-6)23(29)18-22/h11-16,18,24H,8-10,17,19H2,1-7H3,(H,30,34)/t24-/m1/s1. The van der Waals surface area contributed by atoms with Gasteiger partial charge in [0, 0.05) is 25.0 Å². The van der Waals surface area contributed by atoms with E-state index in [0.717, 1.165) is 17.4 Å². The summed E-state index contributed by atoms with van der Waals surface area (Å²) in [6, 6.07) is 11.9. The molecule has 0 fully saturated rings. The smallest absolute Gasteiger partial charge is 0.243 e. The van der Waals surface area contributed by atoms with Crippen LogP contribution in [0.5, 0.6) is 5.75 Å². The lowest BCUT2D eigenvalue weighted by Crippen LogP contribution is -2.53. The molecule has 10 heteroatoms. The largest absolute Gasteiger partial charge is 0.495 e. The number of rotatable bonds is 12. The molecule has 0 saturated carbocycles. The molecule has 0 aliphatic carbocycles. The van der Waals surface area contributed by atoms with Gasteiger partial charge in [-0.15, -0.1) is 0 Å². The number of carbonyl (C=O) groups excluding carboxylic acids is 2. The van der Waals surface area contributed by atoms with Crippen molar-refractivity contribution in [2.75, 3.05) is 24.2 Å². The van der Waals surface area contributed by atoms with Crippen molar-refractivity contribution in [2.45, 2.75) is 72.0 Å². The molecule has 1 atom stereocenters. The highest BCUT2D eigenvalue weighted by atomic mass is 35.5. The van der Waals surface area contributed by atoms with E-state index in [1.807, 2.05) is 58.9 Å². The maximum Gasteiger partial charge on any atom is 0.243 e. The molecular formula is C28H40ClN3O5S. The summed E-state index contributed by atoms with van der Waals surface area (Å²) < 4.78 is 31.5. The lowest BCUT2D eigenvalue weighted by atomic mass is 10.0. The number of nitrogens with one attached hydrogen (secondary N) is 1. The second kappa shape index (κ2) is 13.3. The van der Waals surface area contributed by atoms with E-state index in [1.54, 1.807) is 17.0 Å². The van der Waals surface area contributed by atoms with E-state index >= 15 is 0 Å². The van der Waals surface area contributed by atoms with E-state index in [2.05, 4.69) is 5.32 Å². The number of methoxy groups -OCH3 is 1. The van der Waals surface area contributed by atoms with Gasteiger partial charge in [0.15, 0.2) is 0 Å². The van der Waals surface area contributed by atoms with Crippen LogP contribution in [0.2, 0.25) is 5.02 Å². The molecule has 2 amide bonds. The van der Waals surface area contributed by atoms with E-state index < -0.39 is 21.6 Å². The molecule has 2 aromatic carbocycles. The Bertz CT molecular complexity index is 1210. The van der Waals surface area contributed by atoms with Crippen LogP contribution in [0.3, 0.4) is 0 Å². The molecule has 0 radical (unpaired) electrons. The van der Waals surface area contributed by atoms with Gasteiger partial charge in [-0.05, 0) is 64.3 Å². The normalized spacial score (nSPS) is 12.5. The summed E-state index contributed by atoms with van der Waals surface area (Å²) in [6.07, 6.45) is 1.89. The van der Waals surface area contributed by atoms with Crippen molar-refractivity contribution in [1.29, 1.82) is 0 Å². The number of halogens is 1. The second-order valence-electron chi connectivity index (χ2n) is 10.4. The van der Waals surface area contributed by atoms with Crippen LogP contribution in [0.25, 0.3) is 0 Å². The Morgan fingerprint density at radius 1 is 1.11 bits per heavy atom. The van der Waals surface area contributed by atoms with Gasteiger partial charge >= 0.3 is 0 Å². The zero-order valence-corrected chi connectivity index (χ0v) is 24.9. The number of sulfonamides is 1. The third-order valence-electron chi connectivity index (χ3n) is 5.93. The zero-order chi connectivity index (χ0) is 28.7. The predicted octanol–water partition coefficient (Wildman–Crippen LogP) is 4.93. The molecule has 0 aliphatic heterocycles. The summed E-state index contributed by atoms with van der Waals surface area (Å²) in [5, 5.41) is 3.27. The Hall–Kier alpha value is -2.78. The molecule has 0 unspecified atom stereocenters. The summed E-state index contributed by atoms with van der Waals surface area (Å²) in [5.41, 5.74) is 1.96. The van der Waals surface area contributed by atoms with Crippen molar-refractivity contribution >= 4 is 39.1 Å². The van der Waals surface area contributed by atoms with Gasteiger partial charge in [0.2, 0.25) is 21.8 Å². The van der Waals surface area contributed by atoms with E-state index in [0.29, 0.717) is 17.9 Å². The van der Waals surface area contributed by atoms with Gasteiger partial charge in [0.1, 0.15) is 11.8 Å². The number of amides is 2. The number of hydrogen-bond donors (Lipinski definition) is 1. The quantitative estimate of drug-likeness (QED) is 0.394. The minimum Gasteiger partial charge on any atom is -0.495 e. The second-order valence-corrected chi connectivity index (χ2v) is 12.7. The highest BCUT2D eigenvalue weighted by Crippen LogP contribution is 2.30. The predicted molar refractivity (Wildman–Crippen MR) is 153 cm³/mol. The van der Waals surface area contributed by atoms with E-state index in [-0.39, 0.29) is 42.8 Å². The van der Waals surface area contributed by atoms with Gasteiger partial charge in [0.25, 0.3) is 0 Å². The molecule has 0 heterocycles. The molecule has 1 N–H and O–H groups in total. The lowest BCUT2D eigenvalue weighted by Gasteiger charge is -2.33. The Morgan fingerprint density at radius 3 is 2.24 bits per heavy atom. The minimum absolute atomic E-state index is 0.0705. The van der Waals surface area contributed by atoms with Crippen LogP contribution < -0.4 is 14.4 Å². The van der Waals surface area contributed by atoms with Gasteiger partial charge in [0.05, 0.1) is 24.1 Å². The lowest BCUT2D eigenvalue weighted by molar-refractivity contribution is -0.142. The Labute approximate surface area is 232 Å². The first kappa shape index (κ1) is 31.4. The third-order valence-corrected chi connectivity index (χ3v) is 7.42. The maximum atomic E-state index is 13.5. The van der Waals surface area contributed by atoms with Crippen LogP contribution in [0.1, 0.15) is 58.1 Å². The molecule has 0 saturated heterocycles. The van der Waals surface area contributed by atoms with Crippen LogP contribution in [-0.2, 0) is 26.2 Å². The summed E-state index contributed by atoms with van der Waals surface area (Å²) in [7, 11) is -2.15. The fourth-order valence-electron chi connectivity index (χ4n) is 4.08. The number of hydrogen-bond acceptors (Lipinski definition) is 5. The minimum atomic E-state index is -3.64. The molecule has 2 aromatic rings. The number of anilines is 1. The van der Waals surface area contributed by atoms with Crippen LogP contribution in [-0.4, -0.2) is 56.6 Å². The average Bonchev–Trinajstić information content (AvgIpc) is 2.80. The first-order valence-corrected chi connectivity index (χ1v) is 14.9. The zero-order valence-electron chi connectivity index (χ0n) is 23.4. The Kier molecular flexibility index (Phi) is 11.0. The molecule has 2 rings (SSSR count). The summed E-state index contributed by atoms with van der Waals surface area (Å²) >= 11 is 6.22. The molecule has 0 aromatic heterocycles. The fourth-order valence-corrected chi connectivity index (χ4v) is 5.29. The summed E-state index contributed by atoms with van der Waals surface area (Å²) in [4.78, 5) is 28.3. The highest BCUT2D eigenvalue weighted by molar-refractivity contribution is 7.92. The first-order chi connectivity index (χ1) is 17.7. The van der Waals surface area contributed by atoms with E-state index in [9.17, 15) is 18.0 Å². The van der Waals surface area contributed by atoms with Gasteiger partial charge in [-0.25, -0.2) is 8.42 Å². The number of aryl methyl sites for hydroxylation is 1. The summed E-state index contributed by atoms with van der Waals surface area (Å²) in [5.74, 6) is -0.00117. The molecule has 210 valence electrons. The SMILES string of the molecule is CC[C@H](C(=O)NC(C)(C)C)N(Cc1ccc(C)cc1)C(=O)CCCN(c1ccc(OC)c(Cl)c1)S(C)(=O)=O. The topological polar surface area (TPSA) is 96.0 Å². The average molecular weight is 566 g/mol. The number of carbonyl (C=O) groups is 2. The van der Waals surface area contributed by atoms with Gasteiger partial charge < -0.3 is 15.0 Å². The van der Waals surface area contributed by atoms with Crippen LogP contribution >= 0.6 is 11.6 Å². The molecule has 38 heavy (non-hydrogen) atoms. The van der Waals surface area contributed by atoms with Crippen molar-refractivity contribution in [3.8, 4) is 5.75 Å². The van der Waals surface area contributed by atoms with Crippen LogP contribution in [0, 0.1) is 6.92 Å². The van der Waals surface area contributed by atoms with Crippen molar-refractivity contribution < 1.29 is 22.7 Å². The third kappa shape index (κ3) is 9.20. The fraction of sp³-hybridized carbons (Fsp3) is 0.500. The molecule has 0 aliphatic rings. The van der Waals surface area contributed by atoms with Crippen LogP contribution in [0.15, 0.2) is 42.5 Å². The van der Waals surface area contributed by atoms with Gasteiger partial charge in [-0.3, -0.25) is 13.9 Å².